The van der Waals surface area contributed by atoms with Crippen LogP contribution in [0.25, 0.3) is 0 Å². The maximum Gasteiger partial charge on any atom is 0.241 e. The highest BCUT2D eigenvalue weighted by atomic mass is 16.5. The van der Waals surface area contributed by atoms with Crippen molar-refractivity contribution in [2.75, 3.05) is 14.2 Å². The number of aromatic nitrogens is 1. The predicted octanol–water partition coefficient (Wildman–Crippen LogP) is 1.82. The smallest absolute Gasteiger partial charge is 0.241 e. The van der Waals surface area contributed by atoms with E-state index >= 15 is 0 Å². The molecule has 1 aromatic heterocycles. The van der Waals surface area contributed by atoms with Crippen molar-refractivity contribution in [1.29, 1.82) is 0 Å². The standard InChI is InChI=1S/C18H21N3O3/c1-18(11-12-7-8-14(23-2)15(10-12)24-3)17(22)20-16(21-18)13-6-4-5-9-19-13/h4-10,16,21H,11H2,1-3H3,(H,20,22)/t16-,18-/m0/s1. The summed E-state index contributed by atoms with van der Waals surface area (Å²) in [6.07, 6.45) is 1.96. The van der Waals surface area contributed by atoms with E-state index in [9.17, 15) is 4.79 Å². The van der Waals surface area contributed by atoms with Gasteiger partial charge in [0.2, 0.25) is 5.91 Å². The summed E-state index contributed by atoms with van der Waals surface area (Å²) in [7, 11) is 3.20. The number of nitrogens with one attached hydrogen (secondary N) is 2. The Labute approximate surface area is 141 Å². The van der Waals surface area contributed by atoms with Crippen LogP contribution in [0.3, 0.4) is 0 Å². The van der Waals surface area contributed by atoms with Crippen LogP contribution in [-0.2, 0) is 11.2 Å². The van der Waals surface area contributed by atoms with Crippen LogP contribution < -0.4 is 20.1 Å². The Morgan fingerprint density at radius 2 is 1.96 bits per heavy atom. The van der Waals surface area contributed by atoms with Gasteiger partial charge in [0, 0.05) is 6.20 Å². The molecule has 1 fully saturated rings. The van der Waals surface area contributed by atoms with E-state index in [1.165, 1.54) is 0 Å². The molecule has 2 atom stereocenters. The first-order valence-electron chi connectivity index (χ1n) is 7.76. The molecule has 126 valence electrons. The van der Waals surface area contributed by atoms with E-state index in [-0.39, 0.29) is 12.1 Å². The number of methoxy groups -OCH3 is 2. The number of amides is 1. The van der Waals surface area contributed by atoms with Gasteiger partial charge in [0.05, 0.1) is 19.9 Å². The second kappa shape index (κ2) is 6.49. The predicted molar refractivity (Wildman–Crippen MR) is 89.9 cm³/mol. The molecule has 0 unspecified atom stereocenters. The number of pyridine rings is 1. The zero-order valence-corrected chi connectivity index (χ0v) is 14.0. The number of ether oxygens (including phenoxy) is 2. The number of carbonyl (C=O) groups excluding carboxylic acids is 1. The molecule has 2 aromatic rings. The number of carbonyl (C=O) groups is 1. The molecule has 1 saturated heterocycles. The zero-order valence-electron chi connectivity index (χ0n) is 14.0. The number of benzene rings is 1. The van der Waals surface area contributed by atoms with Crippen molar-refractivity contribution < 1.29 is 14.3 Å². The number of hydrogen-bond acceptors (Lipinski definition) is 5. The minimum absolute atomic E-state index is 0.0482. The molecule has 1 aromatic carbocycles. The van der Waals surface area contributed by atoms with Crippen molar-refractivity contribution in [3.8, 4) is 11.5 Å². The van der Waals surface area contributed by atoms with Crippen molar-refractivity contribution in [3.63, 3.8) is 0 Å². The Hall–Kier alpha value is -2.60. The van der Waals surface area contributed by atoms with E-state index in [0.29, 0.717) is 17.9 Å². The van der Waals surface area contributed by atoms with Crippen LogP contribution in [0.1, 0.15) is 24.3 Å². The van der Waals surface area contributed by atoms with Crippen molar-refractivity contribution >= 4 is 5.91 Å². The molecule has 0 spiro atoms. The average molecular weight is 327 g/mol. The van der Waals surface area contributed by atoms with Gasteiger partial charge in [-0.1, -0.05) is 12.1 Å². The Balaban J connectivity index is 1.80. The lowest BCUT2D eigenvalue weighted by Gasteiger charge is -2.23. The molecule has 6 heteroatoms. The van der Waals surface area contributed by atoms with E-state index in [0.717, 1.165) is 11.3 Å². The Morgan fingerprint density at radius 3 is 2.62 bits per heavy atom. The summed E-state index contributed by atoms with van der Waals surface area (Å²) >= 11 is 0. The molecule has 3 rings (SSSR count). The van der Waals surface area contributed by atoms with Gasteiger partial charge in [-0.3, -0.25) is 15.1 Å². The lowest BCUT2D eigenvalue weighted by atomic mass is 9.93. The average Bonchev–Trinajstić information content (AvgIpc) is 2.90. The molecule has 0 aliphatic carbocycles. The summed E-state index contributed by atoms with van der Waals surface area (Å²) in [5.74, 6) is 1.27. The van der Waals surface area contributed by atoms with Gasteiger partial charge in [-0.05, 0) is 43.2 Å². The Kier molecular flexibility index (Phi) is 4.40. The lowest BCUT2D eigenvalue weighted by Crippen LogP contribution is -2.45. The molecule has 2 heterocycles. The second-order valence-electron chi connectivity index (χ2n) is 6.00. The van der Waals surface area contributed by atoms with Crippen LogP contribution in [0.5, 0.6) is 11.5 Å². The zero-order chi connectivity index (χ0) is 17.2. The fourth-order valence-electron chi connectivity index (χ4n) is 2.94. The Morgan fingerprint density at radius 1 is 1.17 bits per heavy atom. The second-order valence-corrected chi connectivity index (χ2v) is 6.00. The summed E-state index contributed by atoms with van der Waals surface area (Å²) in [6.45, 7) is 1.89. The number of hydrogen-bond donors (Lipinski definition) is 2. The fourth-order valence-corrected chi connectivity index (χ4v) is 2.94. The van der Waals surface area contributed by atoms with Crippen LogP contribution in [0.2, 0.25) is 0 Å². The molecule has 1 aliphatic heterocycles. The number of nitrogens with zero attached hydrogens (tertiary/aromatic N) is 1. The SMILES string of the molecule is COc1ccc(C[C@]2(C)N[C@@H](c3ccccn3)NC2=O)cc1OC. The van der Waals surface area contributed by atoms with Gasteiger partial charge in [0.25, 0.3) is 0 Å². The van der Waals surface area contributed by atoms with Gasteiger partial charge >= 0.3 is 0 Å². The highest BCUT2D eigenvalue weighted by Gasteiger charge is 2.43. The molecular formula is C18H21N3O3. The van der Waals surface area contributed by atoms with Gasteiger partial charge in [-0.2, -0.15) is 0 Å². The first-order chi connectivity index (χ1) is 11.6. The van der Waals surface area contributed by atoms with Crippen LogP contribution in [-0.4, -0.2) is 30.6 Å². The molecule has 1 amide bonds. The quantitative estimate of drug-likeness (QED) is 0.876. The molecule has 6 nitrogen and oxygen atoms in total. The summed E-state index contributed by atoms with van der Waals surface area (Å²) in [5, 5.41) is 6.32. The van der Waals surface area contributed by atoms with Crippen molar-refractivity contribution in [3.05, 3.63) is 53.9 Å². The van der Waals surface area contributed by atoms with E-state index < -0.39 is 5.54 Å². The molecule has 1 aliphatic rings. The summed E-state index contributed by atoms with van der Waals surface area (Å²) in [6, 6.07) is 11.3. The summed E-state index contributed by atoms with van der Waals surface area (Å²) in [4.78, 5) is 16.8. The molecule has 0 bridgehead atoms. The maximum absolute atomic E-state index is 12.5. The Bertz CT molecular complexity index is 736. The minimum atomic E-state index is -0.720. The topological polar surface area (TPSA) is 72.5 Å². The molecule has 2 N–H and O–H groups in total. The third kappa shape index (κ3) is 3.05. The van der Waals surface area contributed by atoms with Crippen LogP contribution in [0.4, 0.5) is 0 Å². The van der Waals surface area contributed by atoms with Crippen molar-refractivity contribution in [2.45, 2.75) is 25.0 Å². The van der Waals surface area contributed by atoms with Gasteiger partial charge in [0.15, 0.2) is 11.5 Å². The largest absolute Gasteiger partial charge is 0.493 e. The third-order valence-corrected chi connectivity index (χ3v) is 4.23. The van der Waals surface area contributed by atoms with Gasteiger partial charge in [-0.15, -0.1) is 0 Å². The van der Waals surface area contributed by atoms with E-state index in [1.807, 2.05) is 43.3 Å². The van der Waals surface area contributed by atoms with E-state index in [2.05, 4.69) is 15.6 Å². The summed E-state index contributed by atoms with van der Waals surface area (Å²) in [5.41, 5.74) is 1.06. The van der Waals surface area contributed by atoms with Crippen LogP contribution in [0.15, 0.2) is 42.6 Å². The van der Waals surface area contributed by atoms with Crippen molar-refractivity contribution in [1.82, 2.24) is 15.6 Å². The van der Waals surface area contributed by atoms with E-state index in [4.69, 9.17) is 9.47 Å². The van der Waals surface area contributed by atoms with Crippen LogP contribution >= 0.6 is 0 Å². The monoisotopic (exact) mass is 327 g/mol. The highest BCUT2D eigenvalue weighted by Crippen LogP contribution is 2.30. The normalized spacial score (nSPS) is 23.0. The molecule has 24 heavy (non-hydrogen) atoms. The first-order valence-corrected chi connectivity index (χ1v) is 7.76. The lowest BCUT2D eigenvalue weighted by molar-refractivity contribution is -0.123. The summed E-state index contributed by atoms with van der Waals surface area (Å²) < 4.78 is 10.6. The molecule has 0 radical (unpaired) electrons. The van der Waals surface area contributed by atoms with Gasteiger partial charge in [-0.25, -0.2) is 0 Å². The third-order valence-electron chi connectivity index (χ3n) is 4.23. The minimum Gasteiger partial charge on any atom is -0.493 e. The maximum atomic E-state index is 12.5. The first kappa shape index (κ1) is 16.3. The fraction of sp³-hybridized carbons (Fsp3) is 0.333. The van der Waals surface area contributed by atoms with Crippen LogP contribution in [0, 0.1) is 0 Å². The van der Waals surface area contributed by atoms with Gasteiger partial charge in [0.1, 0.15) is 11.7 Å². The van der Waals surface area contributed by atoms with Gasteiger partial charge < -0.3 is 14.8 Å². The number of rotatable bonds is 5. The molecule has 0 saturated carbocycles. The molecular weight excluding hydrogens is 306 g/mol. The van der Waals surface area contributed by atoms with E-state index in [1.54, 1.807) is 20.4 Å². The van der Waals surface area contributed by atoms with Crippen molar-refractivity contribution in [2.24, 2.45) is 0 Å². The highest BCUT2D eigenvalue weighted by molar-refractivity contribution is 5.88.